The molecule has 1 saturated heterocycles. The average molecular weight is 257 g/mol. The Bertz CT molecular complexity index is 577. The van der Waals surface area contributed by atoms with Crippen LogP contribution in [0.15, 0.2) is 30.5 Å². The van der Waals surface area contributed by atoms with Gasteiger partial charge < -0.3 is 15.4 Å². The second-order valence-electron chi connectivity index (χ2n) is 5.00. The third kappa shape index (κ3) is 2.24. The molecule has 0 bridgehead atoms. The fourth-order valence-electron chi connectivity index (χ4n) is 2.79. The molecule has 2 N–H and O–H groups in total. The first-order chi connectivity index (χ1) is 9.29. The molecule has 1 aliphatic rings. The minimum Gasteiger partial charge on any atom is -0.397 e. The lowest BCUT2D eigenvalue weighted by Crippen LogP contribution is -2.36. The summed E-state index contributed by atoms with van der Waals surface area (Å²) in [7, 11) is 1.79. The molecule has 1 aliphatic heterocycles. The zero-order valence-corrected chi connectivity index (χ0v) is 11.2. The van der Waals surface area contributed by atoms with E-state index in [0.29, 0.717) is 6.10 Å². The maximum Gasteiger partial charge on any atom is 0.0951 e. The fourth-order valence-corrected chi connectivity index (χ4v) is 2.79. The lowest BCUT2D eigenvalue weighted by atomic mass is 10.1. The van der Waals surface area contributed by atoms with E-state index in [1.807, 2.05) is 18.3 Å². The van der Waals surface area contributed by atoms with Crippen molar-refractivity contribution >= 4 is 22.3 Å². The molecule has 4 heteroatoms. The van der Waals surface area contributed by atoms with Gasteiger partial charge in [-0.25, -0.2) is 0 Å². The lowest BCUT2D eigenvalue weighted by Gasteiger charge is -2.33. The van der Waals surface area contributed by atoms with Gasteiger partial charge in [0.05, 0.1) is 17.3 Å². The number of pyridine rings is 1. The number of nitrogen functional groups attached to an aromatic ring is 1. The Morgan fingerprint density at radius 1 is 1.26 bits per heavy atom. The van der Waals surface area contributed by atoms with Crippen LogP contribution in [0.5, 0.6) is 0 Å². The number of nitrogens with two attached hydrogens (primary N) is 1. The predicted octanol–water partition coefficient (Wildman–Crippen LogP) is 2.43. The highest BCUT2D eigenvalue weighted by Gasteiger charge is 2.20. The minimum absolute atomic E-state index is 0.398. The van der Waals surface area contributed by atoms with Gasteiger partial charge in [0.1, 0.15) is 0 Å². The summed E-state index contributed by atoms with van der Waals surface area (Å²) in [6, 6.07) is 8.06. The highest BCUT2D eigenvalue weighted by Crippen LogP contribution is 2.30. The number of piperidine rings is 1. The molecule has 0 spiro atoms. The summed E-state index contributed by atoms with van der Waals surface area (Å²) >= 11 is 0. The maximum absolute atomic E-state index is 6.00. The first kappa shape index (κ1) is 12.2. The number of methoxy groups -OCH3 is 1. The van der Waals surface area contributed by atoms with E-state index < -0.39 is 0 Å². The molecule has 0 saturated carbocycles. The number of nitrogens with zero attached hydrogens (tertiary/aromatic N) is 2. The molecule has 0 atom stereocenters. The first-order valence-electron chi connectivity index (χ1n) is 6.70. The van der Waals surface area contributed by atoms with Gasteiger partial charge in [-0.3, -0.25) is 4.98 Å². The Morgan fingerprint density at radius 3 is 2.79 bits per heavy atom. The van der Waals surface area contributed by atoms with Crippen LogP contribution in [0.2, 0.25) is 0 Å². The van der Waals surface area contributed by atoms with E-state index in [2.05, 4.69) is 22.0 Å². The van der Waals surface area contributed by atoms with E-state index in [4.69, 9.17) is 10.5 Å². The van der Waals surface area contributed by atoms with Gasteiger partial charge in [-0.2, -0.15) is 0 Å². The second-order valence-corrected chi connectivity index (χ2v) is 5.00. The summed E-state index contributed by atoms with van der Waals surface area (Å²) in [6.45, 7) is 2.04. The van der Waals surface area contributed by atoms with E-state index in [-0.39, 0.29) is 0 Å². The SMILES string of the molecule is COC1CCN(c2ccnc3c(N)cccc23)CC1. The van der Waals surface area contributed by atoms with Crippen molar-refractivity contribution in [2.45, 2.75) is 18.9 Å². The summed E-state index contributed by atoms with van der Waals surface area (Å²) in [4.78, 5) is 6.79. The molecule has 4 nitrogen and oxygen atoms in total. The molecular formula is C15H19N3O. The van der Waals surface area contributed by atoms with Gasteiger partial charge in [-0.15, -0.1) is 0 Å². The molecule has 19 heavy (non-hydrogen) atoms. The summed E-state index contributed by atoms with van der Waals surface area (Å²) < 4.78 is 5.42. The molecule has 1 aromatic heterocycles. The van der Waals surface area contributed by atoms with E-state index in [9.17, 15) is 0 Å². The van der Waals surface area contributed by atoms with Gasteiger partial charge in [-0.05, 0) is 25.0 Å². The number of benzene rings is 1. The van der Waals surface area contributed by atoms with Crippen molar-refractivity contribution in [1.82, 2.24) is 4.98 Å². The number of rotatable bonds is 2. The number of para-hydroxylation sites is 1. The molecule has 0 aliphatic carbocycles. The topological polar surface area (TPSA) is 51.4 Å². The van der Waals surface area contributed by atoms with Crippen molar-refractivity contribution in [3.63, 3.8) is 0 Å². The molecule has 2 aromatic rings. The van der Waals surface area contributed by atoms with Gasteiger partial charge in [0.25, 0.3) is 0 Å². The molecule has 0 unspecified atom stereocenters. The smallest absolute Gasteiger partial charge is 0.0951 e. The van der Waals surface area contributed by atoms with Crippen LogP contribution in [0.4, 0.5) is 11.4 Å². The largest absolute Gasteiger partial charge is 0.397 e. The third-order valence-corrected chi connectivity index (χ3v) is 3.90. The van der Waals surface area contributed by atoms with E-state index >= 15 is 0 Å². The van der Waals surface area contributed by atoms with Gasteiger partial charge in [0.2, 0.25) is 0 Å². The standard InChI is InChI=1S/C15H19N3O/c1-19-11-6-9-18(10-7-11)14-5-8-17-15-12(14)3-2-4-13(15)16/h2-5,8,11H,6-7,9-10,16H2,1H3. The average Bonchev–Trinajstić information content (AvgIpc) is 2.47. The molecule has 1 aromatic carbocycles. The number of hydrogen-bond acceptors (Lipinski definition) is 4. The molecular weight excluding hydrogens is 238 g/mol. The Balaban J connectivity index is 1.95. The summed E-state index contributed by atoms with van der Waals surface area (Å²) in [5.74, 6) is 0. The Morgan fingerprint density at radius 2 is 2.05 bits per heavy atom. The first-order valence-corrected chi connectivity index (χ1v) is 6.70. The van der Waals surface area contributed by atoms with Gasteiger partial charge in [-0.1, -0.05) is 12.1 Å². The monoisotopic (exact) mass is 257 g/mol. The third-order valence-electron chi connectivity index (χ3n) is 3.90. The van der Waals surface area contributed by atoms with E-state index in [0.717, 1.165) is 42.5 Å². The van der Waals surface area contributed by atoms with Gasteiger partial charge >= 0.3 is 0 Å². The van der Waals surface area contributed by atoms with E-state index in [1.54, 1.807) is 7.11 Å². The van der Waals surface area contributed by atoms with Crippen LogP contribution < -0.4 is 10.6 Å². The Kier molecular flexibility index (Phi) is 3.25. The summed E-state index contributed by atoms with van der Waals surface area (Å²) in [5, 5.41) is 1.14. The van der Waals surface area contributed by atoms with Crippen molar-refractivity contribution in [3.05, 3.63) is 30.5 Å². The number of hydrogen-bond donors (Lipinski definition) is 1. The highest BCUT2D eigenvalue weighted by molar-refractivity contribution is 5.98. The van der Waals surface area contributed by atoms with E-state index in [1.165, 1.54) is 5.69 Å². The van der Waals surface area contributed by atoms with Crippen LogP contribution in [-0.4, -0.2) is 31.3 Å². The molecule has 0 radical (unpaired) electrons. The summed E-state index contributed by atoms with van der Waals surface area (Å²) in [6.07, 6.45) is 4.39. The molecule has 3 rings (SSSR count). The normalized spacial score (nSPS) is 17.0. The van der Waals surface area contributed by atoms with Crippen molar-refractivity contribution in [2.24, 2.45) is 0 Å². The van der Waals surface area contributed by atoms with Crippen molar-refractivity contribution in [3.8, 4) is 0 Å². The lowest BCUT2D eigenvalue weighted by molar-refractivity contribution is 0.0819. The quantitative estimate of drug-likeness (QED) is 0.839. The van der Waals surface area contributed by atoms with Crippen LogP contribution in [0.25, 0.3) is 10.9 Å². The Labute approximate surface area is 113 Å². The molecule has 0 amide bonds. The second kappa shape index (κ2) is 5.05. The minimum atomic E-state index is 0.398. The van der Waals surface area contributed by atoms with Crippen molar-refractivity contribution in [2.75, 3.05) is 30.8 Å². The van der Waals surface area contributed by atoms with Crippen molar-refractivity contribution in [1.29, 1.82) is 0 Å². The predicted molar refractivity (Wildman–Crippen MR) is 78.4 cm³/mol. The zero-order chi connectivity index (χ0) is 13.2. The fraction of sp³-hybridized carbons (Fsp3) is 0.400. The van der Waals surface area contributed by atoms with Crippen molar-refractivity contribution < 1.29 is 4.74 Å². The molecule has 100 valence electrons. The zero-order valence-electron chi connectivity index (χ0n) is 11.2. The van der Waals surface area contributed by atoms with Gasteiger partial charge in [0.15, 0.2) is 0 Å². The van der Waals surface area contributed by atoms with Crippen LogP contribution in [0.3, 0.4) is 0 Å². The highest BCUT2D eigenvalue weighted by atomic mass is 16.5. The molecule has 2 heterocycles. The molecule has 1 fully saturated rings. The maximum atomic E-state index is 6.00. The van der Waals surface area contributed by atoms with Crippen LogP contribution in [-0.2, 0) is 4.74 Å². The van der Waals surface area contributed by atoms with Crippen LogP contribution in [0.1, 0.15) is 12.8 Å². The summed E-state index contributed by atoms with van der Waals surface area (Å²) in [5.41, 5.74) is 8.86. The Hall–Kier alpha value is -1.81. The van der Waals surface area contributed by atoms with Crippen LogP contribution in [0, 0.1) is 0 Å². The van der Waals surface area contributed by atoms with Gasteiger partial charge in [0, 0.05) is 37.5 Å². The number of anilines is 2. The number of fused-ring (bicyclic) bond motifs is 1. The van der Waals surface area contributed by atoms with Crippen LogP contribution >= 0.6 is 0 Å². The number of ether oxygens (including phenoxy) is 1. The number of aromatic nitrogens is 1.